The van der Waals surface area contributed by atoms with Crippen LogP contribution in [0, 0.1) is 19.8 Å². The molecule has 0 aliphatic carbocycles. The highest BCUT2D eigenvalue weighted by Gasteiger charge is 2.14. The first-order chi connectivity index (χ1) is 12.4. The lowest BCUT2D eigenvalue weighted by atomic mass is 10.1. The first-order valence-electron chi connectivity index (χ1n) is 9.55. The molecule has 6 heteroatoms. The second kappa shape index (κ2) is 9.38. The fraction of sp³-hybridized carbons (Fsp3) is 0.524. The third kappa shape index (κ3) is 5.33. The molecule has 0 unspecified atom stereocenters. The summed E-state index contributed by atoms with van der Waals surface area (Å²) in [6, 6.07) is 6.46. The van der Waals surface area contributed by atoms with Gasteiger partial charge in [-0.15, -0.1) is 12.4 Å². The van der Waals surface area contributed by atoms with Gasteiger partial charge in [0.1, 0.15) is 0 Å². The number of nitrogens with one attached hydrogen (secondary N) is 2. The number of rotatable bonds is 7. The SMILES string of the molecule is Cc1nn(CC(C)C)c(C)c1CCC(=O)NCc1ccc2c(c1)CNC2.Cl. The average Bonchev–Trinajstić information content (AvgIpc) is 3.15. The lowest BCUT2D eigenvalue weighted by Gasteiger charge is -2.09. The van der Waals surface area contributed by atoms with Gasteiger partial charge >= 0.3 is 0 Å². The average molecular weight is 391 g/mol. The van der Waals surface area contributed by atoms with E-state index in [4.69, 9.17) is 0 Å². The molecule has 148 valence electrons. The number of hydrogen-bond donors (Lipinski definition) is 2. The fourth-order valence-electron chi connectivity index (χ4n) is 3.61. The van der Waals surface area contributed by atoms with Crippen LogP contribution in [-0.2, 0) is 37.4 Å². The Morgan fingerprint density at radius 2 is 2.00 bits per heavy atom. The maximum absolute atomic E-state index is 12.3. The third-order valence-corrected chi connectivity index (χ3v) is 5.06. The summed E-state index contributed by atoms with van der Waals surface area (Å²) >= 11 is 0. The number of carbonyl (C=O) groups excluding carboxylic acids is 1. The molecule has 3 rings (SSSR count). The minimum Gasteiger partial charge on any atom is -0.352 e. The molecule has 1 aromatic carbocycles. The highest BCUT2D eigenvalue weighted by molar-refractivity contribution is 5.85. The Morgan fingerprint density at radius 1 is 1.26 bits per heavy atom. The predicted molar refractivity (Wildman–Crippen MR) is 111 cm³/mol. The van der Waals surface area contributed by atoms with Crippen LogP contribution in [0.3, 0.4) is 0 Å². The number of fused-ring (bicyclic) bond motifs is 1. The van der Waals surface area contributed by atoms with Crippen LogP contribution in [0.25, 0.3) is 0 Å². The van der Waals surface area contributed by atoms with E-state index in [0.717, 1.165) is 37.3 Å². The summed E-state index contributed by atoms with van der Waals surface area (Å²) in [5, 5.41) is 11.0. The number of nitrogens with zero attached hydrogens (tertiary/aromatic N) is 2. The minimum absolute atomic E-state index is 0. The number of benzene rings is 1. The molecule has 0 atom stereocenters. The normalized spacial score (nSPS) is 12.8. The number of hydrogen-bond acceptors (Lipinski definition) is 3. The first-order valence-corrected chi connectivity index (χ1v) is 9.55. The van der Waals surface area contributed by atoms with Crippen LogP contribution in [0.2, 0.25) is 0 Å². The predicted octanol–water partition coefficient (Wildman–Crippen LogP) is 3.43. The third-order valence-electron chi connectivity index (χ3n) is 5.06. The zero-order valence-electron chi connectivity index (χ0n) is 16.8. The number of halogens is 1. The highest BCUT2D eigenvalue weighted by Crippen LogP contribution is 2.18. The van der Waals surface area contributed by atoms with E-state index < -0.39 is 0 Å². The summed E-state index contributed by atoms with van der Waals surface area (Å²) in [6.07, 6.45) is 1.25. The van der Waals surface area contributed by atoms with Crippen molar-refractivity contribution in [2.75, 3.05) is 0 Å². The number of carbonyl (C=O) groups is 1. The van der Waals surface area contributed by atoms with E-state index in [9.17, 15) is 4.79 Å². The lowest BCUT2D eigenvalue weighted by Crippen LogP contribution is -2.23. The molecule has 2 aromatic rings. The van der Waals surface area contributed by atoms with Gasteiger partial charge in [0.25, 0.3) is 0 Å². The van der Waals surface area contributed by atoms with E-state index in [1.54, 1.807) is 0 Å². The Kier molecular flexibility index (Phi) is 7.45. The van der Waals surface area contributed by atoms with Crippen molar-refractivity contribution in [1.82, 2.24) is 20.4 Å². The van der Waals surface area contributed by atoms with E-state index >= 15 is 0 Å². The Bertz CT molecular complexity index is 798. The van der Waals surface area contributed by atoms with Crippen molar-refractivity contribution in [2.24, 2.45) is 5.92 Å². The van der Waals surface area contributed by atoms with E-state index in [1.807, 2.05) is 6.92 Å². The summed E-state index contributed by atoms with van der Waals surface area (Å²) in [5.41, 5.74) is 7.32. The molecule has 0 bridgehead atoms. The standard InChI is InChI=1S/C21H30N4O.ClH/c1-14(2)13-25-16(4)20(15(3)24-25)7-8-21(26)23-10-17-5-6-18-11-22-12-19(18)9-17;/h5-6,9,14,22H,7-8,10-13H2,1-4H3,(H,23,26);1H. The number of aryl methyl sites for hydroxylation is 1. The van der Waals surface area contributed by atoms with Crippen molar-refractivity contribution in [3.8, 4) is 0 Å². The van der Waals surface area contributed by atoms with Gasteiger partial charge in [0.2, 0.25) is 5.91 Å². The van der Waals surface area contributed by atoms with Crippen LogP contribution in [-0.4, -0.2) is 15.7 Å². The van der Waals surface area contributed by atoms with Crippen LogP contribution in [0.4, 0.5) is 0 Å². The van der Waals surface area contributed by atoms with Crippen LogP contribution in [0.1, 0.15) is 53.9 Å². The molecule has 0 fully saturated rings. The molecule has 1 aromatic heterocycles. The van der Waals surface area contributed by atoms with Crippen LogP contribution < -0.4 is 10.6 Å². The van der Waals surface area contributed by atoms with Gasteiger partial charge in [-0.3, -0.25) is 9.48 Å². The summed E-state index contributed by atoms with van der Waals surface area (Å²) in [5.74, 6) is 0.658. The number of aromatic nitrogens is 2. The maximum atomic E-state index is 12.3. The highest BCUT2D eigenvalue weighted by atomic mass is 35.5. The number of amides is 1. The molecule has 5 nitrogen and oxygen atoms in total. The Labute approximate surface area is 168 Å². The van der Waals surface area contributed by atoms with Gasteiger partial charge < -0.3 is 10.6 Å². The van der Waals surface area contributed by atoms with Crippen molar-refractivity contribution >= 4 is 18.3 Å². The van der Waals surface area contributed by atoms with Crippen molar-refractivity contribution in [3.05, 3.63) is 51.8 Å². The smallest absolute Gasteiger partial charge is 0.220 e. The van der Waals surface area contributed by atoms with Gasteiger partial charge in [-0.05, 0) is 48.4 Å². The van der Waals surface area contributed by atoms with Gasteiger partial charge in [-0.2, -0.15) is 5.10 Å². The summed E-state index contributed by atoms with van der Waals surface area (Å²) in [7, 11) is 0. The molecule has 0 saturated carbocycles. The molecular formula is C21H31ClN4O. The quantitative estimate of drug-likeness (QED) is 0.761. The molecule has 27 heavy (non-hydrogen) atoms. The van der Waals surface area contributed by atoms with Gasteiger partial charge in [-0.25, -0.2) is 0 Å². The van der Waals surface area contributed by atoms with Crippen LogP contribution in [0.5, 0.6) is 0 Å². The largest absolute Gasteiger partial charge is 0.352 e. The molecule has 2 heterocycles. The van der Waals surface area contributed by atoms with Crippen molar-refractivity contribution in [3.63, 3.8) is 0 Å². The van der Waals surface area contributed by atoms with E-state index in [2.05, 4.69) is 59.4 Å². The van der Waals surface area contributed by atoms with E-state index in [0.29, 0.717) is 18.9 Å². The molecule has 0 saturated heterocycles. The van der Waals surface area contributed by atoms with Crippen molar-refractivity contribution in [1.29, 1.82) is 0 Å². The van der Waals surface area contributed by atoms with Crippen molar-refractivity contribution in [2.45, 2.75) is 66.7 Å². The van der Waals surface area contributed by atoms with Gasteiger partial charge in [0.15, 0.2) is 0 Å². The first kappa shape index (κ1) is 21.5. The lowest BCUT2D eigenvalue weighted by molar-refractivity contribution is -0.121. The molecule has 0 radical (unpaired) electrons. The molecule has 2 N–H and O–H groups in total. The second-order valence-corrected chi connectivity index (χ2v) is 7.71. The Hall–Kier alpha value is -1.85. The van der Waals surface area contributed by atoms with Gasteiger partial charge in [-0.1, -0.05) is 32.0 Å². The minimum atomic E-state index is 0. The molecule has 1 aliphatic rings. The second-order valence-electron chi connectivity index (χ2n) is 7.71. The summed E-state index contributed by atoms with van der Waals surface area (Å²) in [6.45, 7) is 11.9. The zero-order valence-corrected chi connectivity index (χ0v) is 17.6. The molecular weight excluding hydrogens is 360 g/mol. The zero-order chi connectivity index (χ0) is 18.7. The molecule has 1 amide bonds. The Balaban J connectivity index is 0.00000261. The summed E-state index contributed by atoms with van der Waals surface area (Å²) < 4.78 is 2.08. The Morgan fingerprint density at radius 3 is 2.74 bits per heavy atom. The monoisotopic (exact) mass is 390 g/mol. The van der Waals surface area contributed by atoms with Crippen LogP contribution >= 0.6 is 12.4 Å². The van der Waals surface area contributed by atoms with Crippen molar-refractivity contribution < 1.29 is 4.79 Å². The summed E-state index contributed by atoms with van der Waals surface area (Å²) in [4.78, 5) is 12.3. The maximum Gasteiger partial charge on any atom is 0.220 e. The molecule has 1 aliphatic heterocycles. The fourth-order valence-corrected chi connectivity index (χ4v) is 3.61. The topological polar surface area (TPSA) is 59.0 Å². The van der Waals surface area contributed by atoms with Gasteiger partial charge in [0, 0.05) is 38.3 Å². The van der Waals surface area contributed by atoms with E-state index in [-0.39, 0.29) is 18.3 Å². The molecule has 0 spiro atoms. The van der Waals surface area contributed by atoms with Gasteiger partial charge in [0.05, 0.1) is 5.69 Å². The van der Waals surface area contributed by atoms with E-state index in [1.165, 1.54) is 22.4 Å². The van der Waals surface area contributed by atoms with Crippen LogP contribution in [0.15, 0.2) is 18.2 Å².